The van der Waals surface area contributed by atoms with Crippen molar-refractivity contribution in [3.8, 4) is 0 Å². The van der Waals surface area contributed by atoms with E-state index in [0.29, 0.717) is 5.16 Å². The van der Waals surface area contributed by atoms with E-state index >= 15 is 0 Å². The molecule has 1 aromatic heterocycles. The number of fused-ring (bicyclic) bond motifs is 1. The Bertz CT molecular complexity index is 1100. The fraction of sp³-hybridized carbons (Fsp3) is 0.0476. The van der Waals surface area contributed by atoms with Crippen LogP contribution in [-0.2, 0) is 4.79 Å². The summed E-state index contributed by atoms with van der Waals surface area (Å²) in [6.07, 6.45) is 0. The average Bonchev–Trinajstić information content (AvgIpc) is 3.12. The van der Waals surface area contributed by atoms with E-state index in [9.17, 15) is 13.6 Å². The normalized spacial score (nSPS) is 12.1. The molecule has 0 fully saturated rings. The molecule has 4 nitrogen and oxygen atoms in total. The Hall–Kier alpha value is -3.19. The van der Waals surface area contributed by atoms with Crippen LogP contribution in [0.15, 0.2) is 78.0 Å². The number of carbonyl (C=O) groups is 1. The number of nitrogens with one attached hydrogen (secondary N) is 2. The van der Waals surface area contributed by atoms with E-state index in [1.807, 2.05) is 54.6 Å². The topological polar surface area (TPSA) is 57.8 Å². The average molecular weight is 395 g/mol. The number of benzene rings is 3. The molecule has 0 spiro atoms. The van der Waals surface area contributed by atoms with Crippen molar-refractivity contribution in [3.05, 3.63) is 90.0 Å². The first-order valence-electron chi connectivity index (χ1n) is 8.52. The molecule has 1 heterocycles. The number of H-pyrrole nitrogens is 1. The van der Waals surface area contributed by atoms with Gasteiger partial charge in [-0.05, 0) is 29.8 Å². The zero-order chi connectivity index (χ0) is 19.5. The Balaban J connectivity index is 1.63. The van der Waals surface area contributed by atoms with Gasteiger partial charge in [0.15, 0.2) is 16.8 Å². The standard InChI is InChI=1S/C21H15F2N3OS/c22-15-11-10-14(12-16(15)23)24-20(27)19(13-6-2-1-3-7-13)28-21-25-17-8-4-5-9-18(17)26-21/h1-12,19H,(H,24,27)(H,25,26). The van der Waals surface area contributed by atoms with Gasteiger partial charge in [-0.1, -0.05) is 54.2 Å². The number of para-hydroxylation sites is 2. The Labute approximate surface area is 164 Å². The number of carbonyl (C=O) groups excluding carboxylic acids is 1. The summed E-state index contributed by atoms with van der Waals surface area (Å²) < 4.78 is 26.6. The molecular weight excluding hydrogens is 380 g/mol. The van der Waals surface area contributed by atoms with Crippen LogP contribution in [0.3, 0.4) is 0 Å². The Morgan fingerprint density at radius 3 is 2.46 bits per heavy atom. The summed E-state index contributed by atoms with van der Waals surface area (Å²) in [6, 6.07) is 20.1. The van der Waals surface area contributed by atoms with E-state index in [2.05, 4.69) is 15.3 Å². The molecule has 0 aliphatic rings. The summed E-state index contributed by atoms with van der Waals surface area (Å²) in [7, 11) is 0. The van der Waals surface area contributed by atoms with E-state index in [4.69, 9.17) is 0 Å². The third kappa shape index (κ3) is 3.89. The Morgan fingerprint density at radius 1 is 0.964 bits per heavy atom. The van der Waals surface area contributed by atoms with Gasteiger partial charge in [-0.15, -0.1) is 0 Å². The summed E-state index contributed by atoms with van der Waals surface area (Å²) in [5.41, 5.74) is 2.64. The second-order valence-electron chi connectivity index (χ2n) is 6.09. The van der Waals surface area contributed by atoms with Crippen molar-refractivity contribution in [1.82, 2.24) is 9.97 Å². The predicted molar refractivity (Wildman–Crippen MR) is 106 cm³/mol. The molecule has 3 aromatic carbocycles. The van der Waals surface area contributed by atoms with Crippen LogP contribution in [0, 0.1) is 11.6 Å². The van der Waals surface area contributed by atoms with Crippen molar-refractivity contribution < 1.29 is 13.6 Å². The largest absolute Gasteiger partial charge is 0.333 e. The lowest BCUT2D eigenvalue weighted by Gasteiger charge is -2.16. The molecule has 1 unspecified atom stereocenters. The summed E-state index contributed by atoms with van der Waals surface area (Å²) in [5, 5.41) is 2.62. The highest BCUT2D eigenvalue weighted by atomic mass is 32.2. The number of thioether (sulfide) groups is 1. The lowest BCUT2D eigenvalue weighted by Crippen LogP contribution is -2.19. The van der Waals surface area contributed by atoms with Crippen molar-refractivity contribution in [3.63, 3.8) is 0 Å². The van der Waals surface area contributed by atoms with E-state index in [0.717, 1.165) is 28.7 Å². The monoisotopic (exact) mass is 395 g/mol. The van der Waals surface area contributed by atoms with Crippen molar-refractivity contribution in [2.24, 2.45) is 0 Å². The van der Waals surface area contributed by atoms with Crippen molar-refractivity contribution in [2.45, 2.75) is 10.4 Å². The van der Waals surface area contributed by atoms with E-state index in [1.165, 1.54) is 17.8 Å². The quantitative estimate of drug-likeness (QED) is 0.450. The van der Waals surface area contributed by atoms with Crippen LogP contribution in [0.1, 0.15) is 10.8 Å². The molecule has 4 rings (SSSR count). The molecule has 7 heteroatoms. The van der Waals surface area contributed by atoms with Crippen molar-refractivity contribution >= 4 is 34.4 Å². The van der Waals surface area contributed by atoms with Gasteiger partial charge in [0.1, 0.15) is 5.25 Å². The van der Waals surface area contributed by atoms with Crippen molar-refractivity contribution in [2.75, 3.05) is 5.32 Å². The molecular formula is C21H15F2N3OS. The summed E-state index contributed by atoms with van der Waals surface area (Å²) >= 11 is 1.26. The molecule has 0 bridgehead atoms. The van der Waals surface area contributed by atoms with Gasteiger partial charge in [0.25, 0.3) is 0 Å². The van der Waals surface area contributed by atoms with Crippen LogP contribution < -0.4 is 5.32 Å². The number of aromatic amines is 1. The summed E-state index contributed by atoms with van der Waals surface area (Å²) in [5.74, 6) is -2.34. The third-order valence-electron chi connectivity index (χ3n) is 4.12. The molecule has 2 N–H and O–H groups in total. The number of aromatic nitrogens is 2. The van der Waals surface area contributed by atoms with Crippen LogP contribution in [0.2, 0.25) is 0 Å². The number of imidazole rings is 1. The van der Waals surface area contributed by atoms with E-state index in [1.54, 1.807) is 0 Å². The minimum absolute atomic E-state index is 0.190. The van der Waals surface area contributed by atoms with Gasteiger partial charge in [-0.25, -0.2) is 13.8 Å². The van der Waals surface area contributed by atoms with Gasteiger partial charge < -0.3 is 10.3 Å². The molecule has 28 heavy (non-hydrogen) atoms. The second-order valence-corrected chi connectivity index (χ2v) is 7.18. The zero-order valence-electron chi connectivity index (χ0n) is 14.5. The SMILES string of the molecule is O=C(Nc1ccc(F)c(F)c1)C(Sc1nc2ccccc2[nH]1)c1ccccc1. The minimum Gasteiger partial charge on any atom is -0.333 e. The first kappa shape index (κ1) is 18.2. The molecule has 0 saturated heterocycles. The number of nitrogens with zero attached hydrogens (tertiary/aromatic N) is 1. The molecule has 1 atom stereocenters. The molecule has 0 aliphatic heterocycles. The maximum absolute atomic E-state index is 13.5. The fourth-order valence-corrected chi connectivity index (χ4v) is 3.78. The van der Waals surface area contributed by atoms with Crippen LogP contribution >= 0.6 is 11.8 Å². The maximum Gasteiger partial charge on any atom is 0.242 e. The third-order valence-corrected chi connectivity index (χ3v) is 5.26. The highest BCUT2D eigenvalue weighted by Crippen LogP contribution is 2.35. The lowest BCUT2D eigenvalue weighted by atomic mass is 10.1. The highest BCUT2D eigenvalue weighted by Gasteiger charge is 2.24. The van der Waals surface area contributed by atoms with E-state index in [-0.39, 0.29) is 11.6 Å². The second kappa shape index (κ2) is 7.82. The van der Waals surface area contributed by atoms with Gasteiger partial charge >= 0.3 is 0 Å². The summed E-state index contributed by atoms with van der Waals surface area (Å²) in [6.45, 7) is 0. The summed E-state index contributed by atoms with van der Waals surface area (Å²) in [4.78, 5) is 20.6. The predicted octanol–water partition coefficient (Wildman–Crippen LogP) is 5.31. The Morgan fingerprint density at radius 2 is 1.71 bits per heavy atom. The lowest BCUT2D eigenvalue weighted by molar-refractivity contribution is -0.115. The van der Waals surface area contributed by atoms with Gasteiger partial charge in [-0.3, -0.25) is 4.79 Å². The van der Waals surface area contributed by atoms with Crippen LogP contribution in [0.5, 0.6) is 0 Å². The fourth-order valence-electron chi connectivity index (χ4n) is 2.78. The number of halogens is 2. The molecule has 4 aromatic rings. The molecule has 1 amide bonds. The van der Waals surface area contributed by atoms with Gasteiger partial charge in [0.05, 0.1) is 11.0 Å². The van der Waals surface area contributed by atoms with Gasteiger partial charge in [0, 0.05) is 11.8 Å². The number of hydrogen-bond acceptors (Lipinski definition) is 3. The zero-order valence-corrected chi connectivity index (χ0v) is 15.3. The highest BCUT2D eigenvalue weighted by molar-refractivity contribution is 8.00. The van der Waals surface area contributed by atoms with Crippen LogP contribution in [0.4, 0.5) is 14.5 Å². The van der Waals surface area contributed by atoms with Gasteiger partial charge in [0.2, 0.25) is 5.91 Å². The van der Waals surface area contributed by atoms with Crippen LogP contribution in [-0.4, -0.2) is 15.9 Å². The minimum atomic E-state index is -1.01. The Kier molecular flexibility index (Phi) is 5.08. The first-order chi connectivity index (χ1) is 13.6. The molecule has 0 saturated carbocycles. The van der Waals surface area contributed by atoms with E-state index < -0.39 is 16.9 Å². The molecule has 140 valence electrons. The maximum atomic E-state index is 13.5. The molecule has 0 radical (unpaired) electrons. The number of hydrogen-bond donors (Lipinski definition) is 2. The van der Waals surface area contributed by atoms with Gasteiger partial charge in [-0.2, -0.15) is 0 Å². The number of anilines is 1. The number of rotatable bonds is 5. The first-order valence-corrected chi connectivity index (χ1v) is 9.40. The van der Waals surface area contributed by atoms with Crippen LogP contribution in [0.25, 0.3) is 11.0 Å². The van der Waals surface area contributed by atoms with Crippen molar-refractivity contribution in [1.29, 1.82) is 0 Å². The molecule has 0 aliphatic carbocycles. The smallest absolute Gasteiger partial charge is 0.242 e. The number of amides is 1.